The Hall–Kier alpha value is -1.13. The van der Waals surface area contributed by atoms with E-state index in [-0.39, 0.29) is 17.8 Å². The molecule has 1 heterocycles. The SMILES string of the molecule is CC(C)(C)OC(=O)NC1CC2(C1)N=N2. The summed E-state index contributed by atoms with van der Waals surface area (Å²) in [6, 6.07) is 0.180. The van der Waals surface area contributed by atoms with Crippen LogP contribution in [0.4, 0.5) is 4.79 Å². The minimum Gasteiger partial charge on any atom is -0.444 e. The fourth-order valence-electron chi connectivity index (χ4n) is 1.54. The summed E-state index contributed by atoms with van der Waals surface area (Å²) in [5.41, 5.74) is -0.542. The lowest BCUT2D eigenvalue weighted by Crippen LogP contribution is -2.50. The van der Waals surface area contributed by atoms with Crippen LogP contribution in [0, 0.1) is 0 Å². The molecule has 1 fully saturated rings. The lowest BCUT2D eigenvalue weighted by atomic mass is 9.83. The second-order valence-corrected chi connectivity index (χ2v) is 4.93. The second kappa shape index (κ2) is 2.68. The lowest BCUT2D eigenvalue weighted by Gasteiger charge is -2.32. The van der Waals surface area contributed by atoms with Crippen molar-refractivity contribution < 1.29 is 9.53 Å². The number of carbonyl (C=O) groups excluding carboxylic acids is 1. The van der Waals surface area contributed by atoms with E-state index in [0.29, 0.717) is 0 Å². The molecule has 0 bridgehead atoms. The zero-order valence-electron chi connectivity index (χ0n) is 8.70. The third kappa shape index (κ3) is 2.02. The zero-order chi connectivity index (χ0) is 10.4. The summed E-state index contributed by atoms with van der Waals surface area (Å²) < 4.78 is 5.12. The summed E-state index contributed by atoms with van der Waals surface area (Å²) in [5.74, 6) is 0. The largest absolute Gasteiger partial charge is 0.444 e. The molecule has 1 aliphatic carbocycles. The van der Waals surface area contributed by atoms with E-state index in [1.807, 2.05) is 20.8 Å². The van der Waals surface area contributed by atoms with Gasteiger partial charge in [-0.2, -0.15) is 10.2 Å². The van der Waals surface area contributed by atoms with Crippen LogP contribution < -0.4 is 5.32 Å². The molecule has 2 aliphatic rings. The molecule has 5 heteroatoms. The highest BCUT2D eigenvalue weighted by Gasteiger charge is 2.53. The molecule has 0 radical (unpaired) electrons. The van der Waals surface area contributed by atoms with Crippen molar-refractivity contribution in [3.63, 3.8) is 0 Å². The van der Waals surface area contributed by atoms with E-state index >= 15 is 0 Å². The van der Waals surface area contributed by atoms with Gasteiger partial charge in [0.2, 0.25) is 0 Å². The third-order valence-electron chi connectivity index (χ3n) is 2.25. The van der Waals surface area contributed by atoms with Gasteiger partial charge in [0.1, 0.15) is 5.60 Å². The highest BCUT2D eigenvalue weighted by Crippen LogP contribution is 2.46. The van der Waals surface area contributed by atoms with Crippen LogP contribution in [0.25, 0.3) is 0 Å². The summed E-state index contributed by atoms with van der Waals surface area (Å²) in [6.07, 6.45) is 1.30. The molecule has 0 aromatic heterocycles. The Balaban J connectivity index is 1.68. The first-order chi connectivity index (χ1) is 6.39. The first-order valence-electron chi connectivity index (χ1n) is 4.82. The lowest BCUT2D eigenvalue weighted by molar-refractivity contribution is 0.0463. The van der Waals surface area contributed by atoms with Crippen molar-refractivity contribution in [3.8, 4) is 0 Å². The molecule has 0 atom stereocenters. The fraction of sp³-hybridized carbons (Fsp3) is 0.889. The first kappa shape index (κ1) is 9.43. The third-order valence-corrected chi connectivity index (χ3v) is 2.25. The summed E-state index contributed by atoms with van der Waals surface area (Å²) in [6.45, 7) is 5.54. The number of nitrogens with one attached hydrogen (secondary N) is 1. The summed E-state index contributed by atoms with van der Waals surface area (Å²) in [5, 5.41) is 10.6. The number of rotatable bonds is 1. The Labute approximate surface area is 82.9 Å². The van der Waals surface area contributed by atoms with Gasteiger partial charge >= 0.3 is 6.09 Å². The van der Waals surface area contributed by atoms with E-state index in [1.165, 1.54) is 0 Å². The monoisotopic (exact) mass is 197 g/mol. The molecule has 2 rings (SSSR count). The maximum Gasteiger partial charge on any atom is 0.407 e. The molecule has 0 unspecified atom stereocenters. The molecule has 14 heavy (non-hydrogen) atoms. The molecule has 1 N–H and O–H groups in total. The van der Waals surface area contributed by atoms with E-state index in [2.05, 4.69) is 15.5 Å². The molecular formula is C9H15N3O2. The van der Waals surface area contributed by atoms with Gasteiger partial charge in [0, 0.05) is 18.9 Å². The average Bonchev–Trinajstić information content (AvgIpc) is 2.60. The van der Waals surface area contributed by atoms with Crippen molar-refractivity contribution in [3.05, 3.63) is 0 Å². The van der Waals surface area contributed by atoms with Crippen LogP contribution in [0.1, 0.15) is 33.6 Å². The highest BCUT2D eigenvalue weighted by atomic mass is 16.6. The van der Waals surface area contributed by atoms with Gasteiger partial charge in [0.05, 0.1) is 0 Å². The molecule has 1 amide bonds. The fourth-order valence-corrected chi connectivity index (χ4v) is 1.54. The standard InChI is InChI=1S/C9H15N3O2/c1-8(2,3)14-7(13)10-6-4-9(5-6)11-12-9/h6H,4-5H2,1-3H3,(H,10,13). The van der Waals surface area contributed by atoms with Crippen molar-refractivity contribution in [2.24, 2.45) is 10.2 Å². The van der Waals surface area contributed by atoms with Crippen molar-refractivity contribution in [2.45, 2.75) is 50.9 Å². The second-order valence-electron chi connectivity index (χ2n) is 4.93. The van der Waals surface area contributed by atoms with Gasteiger partial charge in [-0.15, -0.1) is 0 Å². The maximum atomic E-state index is 11.3. The van der Waals surface area contributed by atoms with Crippen LogP contribution in [-0.2, 0) is 4.74 Å². The molecule has 78 valence electrons. The first-order valence-corrected chi connectivity index (χ1v) is 4.82. The van der Waals surface area contributed by atoms with Gasteiger partial charge in [-0.05, 0) is 20.8 Å². The molecule has 0 aromatic rings. The van der Waals surface area contributed by atoms with E-state index in [4.69, 9.17) is 4.74 Å². The quantitative estimate of drug-likeness (QED) is 0.697. The average molecular weight is 197 g/mol. The van der Waals surface area contributed by atoms with Crippen LogP contribution in [0.3, 0.4) is 0 Å². The van der Waals surface area contributed by atoms with E-state index < -0.39 is 5.60 Å². The zero-order valence-corrected chi connectivity index (χ0v) is 8.70. The molecule has 5 nitrogen and oxygen atoms in total. The number of alkyl carbamates (subject to hydrolysis) is 1. The predicted octanol–water partition coefficient (Wildman–Crippen LogP) is 1.84. The summed E-state index contributed by atoms with van der Waals surface area (Å²) >= 11 is 0. The minimum absolute atomic E-state index is 0.111. The number of ether oxygens (including phenoxy) is 1. The number of hydrogen-bond acceptors (Lipinski definition) is 4. The van der Waals surface area contributed by atoms with E-state index in [1.54, 1.807) is 0 Å². The van der Waals surface area contributed by atoms with Crippen LogP contribution in [0.2, 0.25) is 0 Å². The van der Waals surface area contributed by atoms with E-state index in [0.717, 1.165) is 12.8 Å². The number of nitrogens with zero attached hydrogens (tertiary/aromatic N) is 2. The van der Waals surface area contributed by atoms with Gasteiger partial charge in [0.25, 0.3) is 0 Å². The Morgan fingerprint density at radius 2 is 2.00 bits per heavy atom. The van der Waals surface area contributed by atoms with Crippen molar-refractivity contribution in [2.75, 3.05) is 0 Å². The van der Waals surface area contributed by atoms with Gasteiger partial charge in [-0.1, -0.05) is 0 Å². The van der Waals surface area contributed by atoms with Crippen LogP contribution in [0.15, 0.2) is 10.2 Å². The van der Waals surface area contributed by atoms with Gasteiger partial charge < -0.3 is 10.1 Å². The Kier molecular flexibility index (Phi) is 1.81. The van der Waals surface area contributed by atoms with Gasteiger partial charge in [-0.3, -0.25) is 0 Å². The summed E-state index contributed by atoms with van der Waals surface area (Å²) in [7, 11) is 0. The molecule has 1 aliphatic heterocycles. The van der Waals surface area contributed by atoms with Crippen LogP contribution in [-0.4, -0.2) is 23.4 Å². The Morgan fingerprint density at radius 3 is 2.43 bits per heavy atom. The predicted molar refractivity (Wildman–Crippen MR) is 50.0 cm³/mol. The van der Waals surface area contributed by atoms with Gasteiger partial charge in [-0.25, -0.2) is 4.79 Å². The smallest absolute Gasteiger partial charge is 0.407 e. The van der Waals surface area contributed by atoms with Crippen LogP contribution in [0.5, 0.6) is 0 Å². The van der Waals surface area contributed by atoms with Crippen LogP contribution >= 0.6 is 0 Å². The molecule has 1 saturated carbocycles. The Bertz CT molecular complexity index is 279. The number of amides is 1. The van der Waals surface area contributed by atoms with Crippen molar-refractivity contribution >= 4 is 6.09 Å². The molecule has 0 aromatic carbocycles. The molecule has 1 spiro atoms. The maximum absolute atomic E-state index is 11.3. The summed E-state index contributed by atoms with van der Waals surface area (Å²) in [4.78, 5) is 11.3. The molecule has 0 saturated heterocycles. The van der Waals surface area contributed by atoms with Gasteiger partial charge in [0.15, 0.2) is 5.66 Å². The minimum atomic E-state index is -0.431. The Morgan fingerprint density at radius 1 is 1.43 bits per heavy atom. The van der Waals surface area contributed by atoms with E-state index in [9.17, 15) is 4.79 Å². The number of hydrogen-bond donors (Lipinski definition) is 1. The highest BCUT2D eigenvalue weighted by molar-refractivity contribution is 5.68. The molecular weight excluding hydrogens is 182 g/mol. The van der Waals surface area contributed by atoms with Crippen molar-refractivity contribution in [1.82, 2.24) is 5.32 Å². The number of carbonyl (C=O) groups is 1. The van der Waals surface area contributed by atoms with Crippen molar-refractivity contribution in [1.29, 1.82) is 0 Å². The normalized spacial score (nSPS) is 23.1. The topological polar surface area (TPSA) is 63.0 Å².